The molecule has 0 N–H and O–H groups in total. The lowest BCUT2D eigenvalue weighted by molar-refractivity contribution is 0.641. The van der Waals surface area contributed by atoms with Crippen LogP contribution in [0.5, 0.6) is 0 Å². The van der Waals surface area contributed by atoms with Crippen molar-refractivity contribution >= 4 is 17.2 Å². The molecule has 0 saturated carbocycles. The van der Waals surface area contributed by atoms with Crippen LogP contribution < -0.4 is 9.80 Å². The van der Waals surface area contributed by atoms with Gasteiger partial charge in [0.15, 0.2) is 11.6 Å². The SMILES string of the molecule is CCC(CC)c1ccccc1N1CN(C)c2nc(-c3c(C(C)C)cccc3C(C)C)ncc21. The fourth-order valence-electron chi connectivity index (χ4n) is 5.14. The molecule has 0 unspecified atom stereocenters. The molecule has 2 heterocycles. The van der Waals surface area contributed by atoms with Crippen molar-refractivity contribution in [2.45, 2.75) is 72.1 Å². The van der Waals surface area contributed by atoms with Crippen molar-refractivity contribution < 1.29 is 0 Å². The van der Waals surface area contributed by atoms with Crippen LogP contribution >= 0.6 is 0 Å². The molecular formula is C29H38N4. The summed E-state index contributed by atoms with van der Waals surface area (Å²) >= 11 is 0. The van der Waals surface area contributed by atoms with Crippen LogP contribution in [-0.4, -0.2) is 23.7 Å². The lowest BCUT2D eigenvalue weighted by Gasteiger charge is -2.25. The molecule has 0 fully saturated rings. The molecule has 0 bridgehead atoms. The van der Waals surface area contributed by atoms with Crippen LogP contribution in [0.3, 0.4) is 0 Å². The molecule has 0 atom stereocenters. The molecule has 4 heteroatoms. The largest absolute Gasteiger partial charge is 0.340 e. The molecule has 1 aromatic heterocycles. The number of fused-ring (bicyclic) bond motifs is 1. The Morgan fingerprint density at radius 1 is 0.818 bits per heavy atom. The van der Waals surface area contributed by atoms with E-state index in [0.717, 1.165) is 36.8 Å². The first kappa shape index (κ1) is 23.3. The van der Waals surface area contributed by atoms with Gasteiger partial charge in [0.25, 0.3) is 0 Å². The summed E-state index contributed by atoms with van der Waals surface area (Å²) in [4.78, 5) is 14.7. The summed E-state index contributed by atoms with van der Waals surface area (Å²) in [6.07, 6.45) is 4.32. The second kappa shape index (κ2) is 9.54. The van der Waals surface area contributed by atoms with E-state index in [0.29, 0.717) is 17.8 Å². The van der Waals surface area contributed by atoms with Gasteiger partial charge in [-0.15, -0.1) is 0 Å². The molecule has 4 rings (SSSR count). The fourth-order valence-corrected chi connectivity index (χ4v) is 5.14. The van der Waals surface area contributed by atoms with Gasteiger partial charge in [-0.3, -0.25) is 0 Å². The monoisotopic (exact) mass is 442 g/mol. The predicted octanol–water partition coefficient (Wildman–Crippen LogP) is 7.84. The zero-order valence-corrected chi connectivity index (χ0v) is 21.3. The van der Waals surface area contributed by atoms with Crippen molar-refractivity contribution in [1.29, 1.82) is 0 Å². The zero-order valence-electron chi connectivity index (χ0n) is 21.3. The lowest BCUT2D eigenvalue weighted by atomic mass is 9.88. The Bertz CT molecular complexity index is 1090. The number of benzene rings is 2. The minimum atomic E-state index is 0.414. The number of hydrogen-bond donors (Lipinski definition) is 0. The standard InChI is InChI=1S/C29H38N4/c1-8-21(9-2)24-13-10-11-16-25(24)33-18-32(7)29-26(33)17-30-28(31-29)27-22(19(3)4)14-12-15-23(27)20(5)6/h10-17,19-21H,8-9,18H2,1-7H3. The molecule has 174 valence electrons. The fraction of sp³-hybridized carbons (Fsp3) is 0.448. The second-order valence-electron chi connectivity index (χ2n) is 9.86. The molecule has 0 radical (unpaired) electrons. The quantitative estimate of drug-likeness (QED) is 0.373. The maximum atomic E-state index is 5.15. The molecule has 2 aromatic carbocycles. The summed E-state index contributed by atoms with van der Waals surface area (Å²) in [5.41, 5.74) is 7.62. The van der Waals surface area contributed by atoms with Gasteiger partial charge in [-0.1, -0.05) is 77.9 Å². The van der Waals surface area contributed by atoms with Gasteiger partial charge >= 0.3 is 0 Å². The summed E-state index contributed by atoms with van der Waals surface area (Å²) in [6, 6.07) is 15.5. The van der Waals surface area contributed by atoms with Crippen molar-refractivity contribution in [2.75, 3.05) is 23.5 Å². The average molecular weight is 443 g/mol. The number of nitrogens with zero attached hydrogens (tertiary/aromatic N) is 4. The number of anilines is 3. The van der Waals surface area contributed by atoms with Crippen LogP contribution in [0.25, 0.3) is 11.4 Å². The van der Waals surface area contributed by atoms with E-state index < -0.39 is 0 Å². The number of para-hydroxylation sites is 1. The number of rotatable bonds is 7. The van der Waals surface area contributed by atoms with Crippen molar-refractivity contribution in [3.8, 4) is 11.4 Å². The summed E-state index contributed by atoms with van der Waals surface area (Å²) in [7, 11) is 2.13. The van der Waals surface area contributed by atoms with E-state index in [1.54, 1.807) is 0 Å². The number of hydrogen-bond acceptors (Lipinski definition) is 4. The van der Waals surface area contributed by atoms with Crippen molar-refractivity contribution in [3.63, 3.8) is 0 Å². The van der Waals surface area contributed by atoms with Crippen molar-refractivity contribution in [2.24, 2.45) is 0 Å². The van der Waals surface area contributed by atoms with Crippen LogP contribution in [0, 0.1) is 0 Å². The summed E-state index contributed by atoms with van der Waals surface area (Å²) in [5.74, 6) is 3.23. The van der Waals surface area contributed by atoms with Gasteiger partial charge in [0.1, 0.15) is 5.69 Å². The zero-order chi connectivity index (χ0) is 23.7. The highest BCUT2D eigenvalue weighted by Crippen LogP contribution is 2.43. The van der Waals surface area contributed by atoms with Gasteiger partial charge in [-0.2, -0.15) is 0 Å². The molecule has 3 aromatic rings. The molecular weight excluding hydrogens is 404 g/mol. The van der Waals surface area contributed by atoms with Gasteiger partial charge in [0.2, 0.25) is 0 Å². The highest BCUT2D eigenvalue weighted by atomic mass is 15.4. The summed E-state index contributed by atoms with van der Waals surface area (Å²) in [6.45, 7) is 14.3. The third kappa shape index (κ3) is 4.23. The maximum Gasteiger partial charge on any atom is 0.162 e. The Morgan fingerprint density at radius 2 is 1.42 bits per heavy atom. The highest BCUT2D eigenvalue weighted by Gasteiger charge is 2.30. The molecule has 1 aliphatic heterocycles. The Balaban J connectivity index is 1.83. The second-order valence-corrected chi connectivity index (χ2v) is 9.86. The van der Waals surface area contributed by atoms with E-state index >= 15 is 0 Å². The van der Waals surface area contributed by atoms with E-state index in [-0.39, 0.29) is 0 Å². The van der Waals surface area contributed by atoms with Crippen LogP contribution in [-0.2, 0) is 0 Å². The molecule has 1 aliphatic rings. The van der Waals surface area contributed by atoms with Gasteiger partial charge in [-0.05, 0) is 53.4 Å². The minimum absolute atomic E-state index is 0.414. The lowest BCUT2D eigenvalue weighted by Crippen LogP contribution is -2.25. The first-order valence-electron chi connectivity index (χ1n) is 12.4. The maximum absolute atomic E-state index is 5.15. The molecule has 0 amide bonds. The van der Waals surface area contributed by atoms with E-state index in [9.17, 15) is 0 Å². The Hall–Kier alpha value is -2.88. The van der Waals surface area contributed by atoms with E-state index in [1.165, 1.54) is 27.9 Å². The van der Waals surface area contributed by atoms with Crippen molar-refractivity contribution in [3.05, 3.63) is 65.4 Å². The van der Waals surface area contributed by atoms with Gasteiger partial charge in [0, 0.05) is 18.3 Å². The first-order chi connectivity index (χ1) is 15.9. The van der Waals surface area contributed by atoms with Crippen LogP contribution in [0.15, 0.2) is 48.7 Å². The normalized spacial score (nSPS) is 13.5. The average Bonchev–Trinajstić information content (AvgIpc) is 3.15. The molecule has 33 heavy (non-hydrogen) atoms. The van der Waals surface area contributed by atoms with Crippen LogP contribution in [0.4, 0.5) is 17.2 Å². The van der Waals surface area contributed by atoms with Gasteiger partial charge in [0.05, 0.1) is 12.9 Å². The highest BCUT2D eigenvalue weighted by molar-refractivity contribution is 5.82. The van der Waals surface area contributed by atoms with Crippen LogP contribution in [0.2, 0.25) is 0 Å². The Labute approximate surface area is 199 Å². The molecule has 0 spiro atoms. The van der Waals surface area contributed by atoms with Gasteiger partial charge < -0.3 is 9.80 Å². The van der Waals surface area contributed by atoms with Crippen molar-refractivity contribution in [1.82, 2.24) is 9.97 Å². The summed E-state index contributed by atoms with van der Waals surface area (Å²) < 4.78 is 0. The van der Waals surface area contributed by atoms with E-state index in [1.807, 2.05) is 6.20 Å². The molecule has 0 saturated heterocycles. The minimum Gasteiger partial charge on any atom is -0.340 e. The topological polar surface area (TPSA) is 32.3 Å². The third-order valence-corrected chi connectivity index (χ3v) is 7.01. The summed E-state index contributed by atoms with van der Waals surface area (Å²) in [5, 5.41) is 0. The number of aromatic nitrogens is 2. The molecule has 4 nitrogen and oxygen atoms in total. The first-order valence-corrected chi connectivity index (χ1v) is 12.4. The van der Waals surface area contributed by atoms with E-state index in [2.05, 4.69) is 101 Å². The predicted molar refractivity (Wildman–Crippen MR) is 141 cm³/mol. The third-order valence-electron chi connectivity index (χ3n) is 7.01. The van der Waals surface area contributed by atoms with Gasteiger partial charge in [-0.25, -0.2) is 9.97 Å². The Kier molecular flexibility index (Phi) is 6.73. The smallest absolute Gasteiger partial charge is 0.162 e. The van der Waals surface area contributed by atoms with E-state index in [4.69, 9.17) is 9.97 Å². The molecule has 0 aliphatic carbocycles. The Morgan fingerprint density at radius 3 is 2.03 bits per heavy atom. The van der Waals surface area contributed by atoms with Crippen LogP contribution in [0.1, 0.15) is 88.8 Å².